The molecular weight excluding hydrogens is 376 g/mol. The molecule has 6 heteroatoms. The molecule has 4 rings (SSSR count). The minimum Gasteiger partial charge on any atom is -0.379 e. The number of aromatic nitrogens is 1. The SMILES string of the molecule is Cc1ccc(Nc2cc(C(=O)NCCN3CCOCC3)c3ccccc3n2)cc1C. The lowest BCUT2D eigenvalue weighted by molar-refractivity contribution is 0.0383. The zero-order valence-electron chi connectivity index (χ0n) is 17.6. The summed E-state index contributed by atoms with van der Waals surface area (Å²) in [5, 5.41) is 7.28. The number of hydrogen-bond donors (Lipinski definition) is 2. The molecule has 1 aliphatic rings. The number of fused-ring (bicyclic) bond motifs is 1. The van der Waals surface area contributed by atoms with Gasteiger partial charge in [0.05, 0.1) is 24.3 Å². The molecule has 3 aromatic rings. The highest BCUT2D eigenvalue weighted by molar-refractivity contribution is 6.07. The van der Waals surface area contributed by atoms with Gasteiger partial charge < -0.3 is 15.4 Å². The molecule has 1 saturated heterocycles. The quantitative estimate of drug-likeness (QED) is 0.656. The Morgan fingerprint density at radius 2 is 1.87 bits per heavy atom. The summed E-state index contributed by atoms with van der Waals surface area (Å²) in [7, 11) is 0. The number of pyridine rings is 1. The molecule has 6 nitrogen and oxygen atoms in total. The van der Waals surface area contributed by atoms with Crippen molar-refractivity contribution < 1.29 is 9.53 Å². The molecule has 0 bridgehead atoms. The normalized spacial score (nSPS) is 14.6. The molecule has 0 unspecified atom stereocenters. The number of nitrogens with one attached hydrogen (secondary N) is 2. The van der Waals surface area contributed by atoms with E-state index in [-0.39, 0.29) is 5.91 Å². The zero-order chi connectivity index (χ0) is 20.9. The molecule has 0 spiro atoms. The number of amides is 1. The molecule has 2 heterocycles. The Morgan fingerprint density at radius 1 is 1.07 bits per heavy atom. The van der Waals surface area contributed by atoms with Crippen molar-refractivity contribution in [3.8, 4) is 0 Å². The number of hydrogen-bond acceptors (Lipinski definition) is 5. The van der Waals surface area contributed by atoms with Crippen molar-refractivity contribution >= 4 is 28.3 Å². The molecule has 156 valence electrons. The van der Waals surface area contributed by atoms with Gasteiger partial charge >= 0.3 is 0 Å². The van der Waals surface area contributed by atoms with E-state index in [9.17, 15) is 4.79 Å². The molecular formula is C24H28N4O2. The molecule has 1 amide bonds. The predicted octanol–water partition coefficient (Wildman–Crippen LogP) is 3.66. The fraction of sp³-hybridized carbons (Fsp3) is 0.333. The number of anilines is 2. The summed E-state index contributed by atoms with van der Waals surface area (Å²) in [6, 6.07) is 15.8. The third-order valence-corrected chi connectivity index (χ3v) is 5.56. The van der Waals surface area contributed by atoms with Gasteiger partial charge in [0.1, 0.15) is 5.82 Å². The first-order valence-electron chi connectivity index (χ1n) is 10.4. The van der Waals surface area contributed by atoms with Gasteiger partial charge in [-0.25, -0.2) is 4.98 Å². The minimum atomic E-state index is -0.0787. The first-order valence-corrected chi connectivity index (χ1v) is 10.4. The monoisotopic (exact) mass is 404 g/mol. The first-order chi connectivity index (χ1) is 14.6. The third kappa shape index (κ3) is 4.78. The second-order valence-electron chi connectivity index (χ2n) is 7.71. The second-order valence-corrected chi connectivity index (χ2v) is 7.71. The molecule has 1 fully saturated rings. The summed E-state index contributed by atoms with van der Waals surface area (Å²) < 4.78 is 5.38. The molecule has 0 saturated carbocycles. The van der Waals surface area contributed by atoms with Crippen LogP contribution in [0, 0.1) is 13.8 Å². The van der Waals surface area contributed by atoms with Crippen LogP contribution in [-0.2, 0) is 4.74 Å². The number of aryl methyl sites for hydroxylation is 2. The Bertz CT molecular complexity index is 1040. The number of morpholine rings is 1. The van der Waals surface area contributed by atoms with Gasteiger partial charge in [0, 0.05) is 37.3 Å². The van der Waals surface area contributed by atoms with Crippen molar-refractivity contribution in [3.05, 3.63) is 65.2 Å². The highest BCUT2D eigenvalue weighted by atomic mass is 16.5. The van der Waals surface area contributed by atoms with E-state index in [1.807, 2.05) is 36.4 Å². The summed E-state index contributed by atoms with van der Waals surface area (Å²) in [5.74, 6) is 0.584. The van der Waals surface area contributed by atoms with Crippen LogP contribution >= 0.6 is 0 Å². The van der Waals surface area contributed by atoms with E-state index >= 15 is 0 Å². The number of nitrogens with zero attached hydrogens (tertiary/aromatic N) is 2. The zero-order valence-corrected chi connectivity index (χ0v) is 17.6. The number of ether oxygens (including phenoxy) is 1. The van der Waals surface area contributed by atoms with E-state index in [2.05, 4.69) is 41.5 Å². The van der Waals surface area contributed by atoms with Gasteiger partial charge in [-0.05, 0) is 49.2 Å². The number of para-hydroxylation sites is 1. The van der Waals surface area contributed by atoms with E-state index in [0.717, 1.165) is 49.4 Å². The average molecular weight is 405 g/mol. The number of carbonyl (C=O) groups excluding carboxylic acids is 1. The van der Waals surface area contributed by atoms with Crippen molar-refractivity contribution in [2.45, 2.75) is 13.8 Å². The van der Waals surface area contributed by atoms with Crippen LogP contribution in [0.15, 0.2) is 48.5 Å². The number of rotatable bonds is 6. The van der Waals surface area contributed by atoms with Gasteiger partial charge in [-0.1, -0.05) is 24.3 Å². The Kier molecular flexibility index (Phi) is 6.26. The van der Waals surface area contributed by atoms with E-state index in [1.165, 1.54) is 11.1 Å². The maximum atomic E-state index is 13.0. The van der Waals surface area contributed by atoms with Crippen LogP contribution in [0.2, 0.25) is 0 Å². The predicted molar refractivity (Wildman–Crippen MR) is 121 cm³/mol. The van der Waals surface area contributed by atoms with Gasteiger partial charge in [-0.3, -0.25) is 9.69 Å². The van der Waals surface area contributed by atoms with Crippen LogP contribution in [0.5, 0.6) is 0 Å². The Hall–Kier alpha value is -2.96. The smallest absolute Gasteiger partial charge is 0.252 e. The third-order valence-electron chi connectivity index (χ3n) is 5.56. The average Bonchev–Trinajstić information content (AvgIpc) is 2.76. The van der Waals surface area contributed by atoms with E-state index in [4.69, 9.17) is 9.72 Å². The summed E-state index contributed by atoms with van der Waals surface area (Å²) in [5.41, 5.74) is 4.84. The lowest BCUT2D eigenvalue weighted by Gasteiger charge is -2.26. The van der Waals surface area contributed by atoms with Crippen LogP contribution in [0.1, 0.15) is 21.5 Å². The Balaban J connectivity index is 1.53. The molecule has 30 heavy (non-hydrogen) atoms. The summed E-state index contributed by atoms with van der Waals surface area (Å²) in [4.78, 5) is 20.0. The highest BCUT2D eigenvalue weighted by Gasteiger charge is 2.15. The summed E-state index contributed by atoms with van der Waals surface area (Å²) in [6.07, 6.45) is 0. The van der Waals surface area contributed by atoms with Crippen molar-refractivity contribution in [1.82, 2.24) is 15.2 Å². The van der Waals surface area contributed by atoms with Crippen molar-refractivity contribution in [2.24, 2.45) is 0 Å². The van der Waals surface area contributed by atoms with E-state index in [0.29, 0.717) is 17.9 Å². The summed E-state index contributed by atoms with van der Waals surface area (Å²) in [6.45, 7) is 8.96. The lowest BCUT2D eigenvalue weighted by atomic mass is 10.1. The topological polar surface area (TPSA) is 66.5 Å². The van der Waals surface area contributed by atoms with Crippen LogP contribution in [0.25, 0.3) is 10.9 Å². The van der Waals surface area contributed by atoms with Crippen LogP contribution in [0.4, 0.5) is 11.5 Å². The van der Waals surface area contributed by atoms with Crippen molar-refractivity contribution in [3.63, 3.8) is 0 Å². The molecule has 2 N–H and O–H groups in total. The molecule has 1 aliphatic heterocycles. The summed E-state index contributed by atoms with van der Waals surface area (Å²) >= 11 is 0. The van der Waals surface area contributed by atoms with Gasteiger partial charge in [-0.2, -0.15) is 0 Å². The van der Waals surface area contributed by atoms with E-state index in [1.54, 1.807) is 0 Å². The molecule has 1 aromatic heterocycles. The van der Waals surface area contributed by atoms with Crippen LogP contribution < -0.4 is 10.6 Å². The van der Waals surface area contributed by atoms with Crippen molar-refractivity contribution in [1.29, 1.82) is 0 Å². The Morgan fingerprint density at radius 3 is 2.67 bits per heavy atom. The first kappa shape index (κ1) is 20.3. The maximum Gasteiger partial charge on any atom is 0.252 e. The molecule has 0 radical (unpaired) electrons. The minimum absolute atomic E-state index is 0.0787. The number of carbonyl (C=O) groups is 1. The van der Waals surface area contributed by atoms with Crippen LogP contribution in [0.3, 0.4) is 0 Å². The van der Waals surface area contributed by atoms with Crippen molar-refractivity contribution in [2.75, 3.05) is 44.7 Å². The van der Waals surface area contributed by atoms with Crippen LogP contribution in [-0.4, -0.2) is 55.2 Å². The van der Waals surface area contributed by atoms with Gasteiger partial charge in [-0.15, -0.1) is 0 Å². The van der Waals surface area contributed by atoms with Gasteiger partial charge in [0.2, 0.25) is 0 Å². The molecule has 2 aromatic carbocycles. The standard InChI is InChI=1S/C24H28N4O2/c1-17-7-8-19(15-18(17)2)26-23-16-21(20-5-3-4-6-22(20)27-23)24(29)25-9-10-28-11-13-30-14-12-28/h3-8,15-16H,9-14H2,1-2H3,(H,25,29)(H,26,27). The lowest BCUT2D eigenvalue weighted by Crippen LogP contribution is -2.41. The molecule has 0 atom stereocenters. The van der Waals surface area contributed by atoms with E-state index < -0.39 is 0 Å². The maximum absolute atomic E-state index is 13.0. The second kappa shape index (κ2) is 9.24. The Labute approximate surface area is 177 Å². The highest BCUT2D eigenvalue weighted by Crippen LogP contribution is 2.24. The van der Waals surface area contributed by atoms with Gasteiger partial charge in [0.25, 0.3) is 5.91 Å². The van der Waals surface area contributed by atoms with Gasteiger partial charge in [0.15, 0.2) is 0 Å². The fourth-order valence-electron chi connectivity index (χ4n) is 3.64. The largest absolute Gasteiger partial charge is 0.379 e. The fourth-order valence-corrected chi connectivity index (χ4v) is 3.64. The molecule has 0 aliphatic carbocycles. The number of benzene rings is 2.